The molecule has 1 N–H and O–H groups in total. The zero-order valence-electron chi connectivity index (χ0n) is 15.6. The fourth-order valence-electron chi connectivity index (χ4n) is 4.95. The lowest BCUT2D eigenvalue weighted by molar-refractivity contribution is -0.924. The van der Waals surface area contributed by atoms with Crippen LogP contribution in [0.3, 0.4) is 0 Å². The van der Waals surface area contributed by atoms with Gasteiger partial charge in [0.1, 0.15) is 6.54 Å². The Morgan fingerprint density at radius 1 is 1.18 bits per heavy atom. The maximum atomic E-state index is 13.3. The molecule has 4 heterocycles. The number of nitrogens with one attached hydrogen (secondary N) is 1. The van der Waals surface area contributed by atoms with Gasteiger partial charge in [-0.2, -0.15) is 5.26 Å². The minimum absolute atomic E-state index is 0.0870. The van der Waals surface area contributed by atoms with E-state index < -0.39 is 0 Å². The number of quaternary nitrogens is 1. The monoisotopic (exact) mass is 388 g/mol. The Hall–Kier alpha value is -2.68. The zero-order valence-corrected chi connectivity index (χ0v) is 16.4. The summed E-state index contributed by atoms with van der Waals surface area (Å²) in [4.78, 5) is 16.3. The molecule has 28 heavy (non-hydrogen) atoms. The van der Waals surface area contributed by atoms with Crippen LogP contribution in [0.1, 0.15) is 28.5 Å². The summed E-state index contributed by atoms with van der Waals surface area (Å²) in [7, 11) is 0. The molecule has 140 valence electrons. The van der Waals surface area contributed by atoms with E-state index in [1.807, 2.05) is 34.1 Å². The molecule has 2 aromatic heterocycles. The van der Waals surface area contributed by atoms with Crippen molar-refractivity contribution in [2.45, 2.75) is 25.4 Å². The van der Waals surface area contributed by atoms with Gasteiger partial charge in [-0.25, -0.2) is 0 Å². The molecule has 5 rings (SSSR count). The number of rotatable bonds is 3. The molecular weight excluding hydrogens is 366 g/mol. The van der Waals surface area contributed by atoms with Crippen LogP contribution in [0.25, 0.3) is 11.1 Å². The van der Waals surface area contributed by atoms with E-state index in [0.717, 1.165) is 31.7 Å². The Bertz CT molecular complexity index is 1110. The van der Waals surface area contributed by atoms with Crippen molar-refractivity contribution in [3.8, 4) is 17.2 Å². The van der Waals surface area contributed by atoms with Crippen molar-refractivity contribution in [3.05, 3.63) is 80.4 Å². The number of fused-ring (bicyclic) bond motifs is 4. The SMILES string of the molecule is N#Cc1cccc(-c2ccc3n(c2=O)C[C@H]2C[C@@H]3C[NH+](Cc3cccs3)C2)c1. The van der Waals surface area contributed by atoms with Gasteiger partial charge in [-0.3, -0.25) is 4.79 Å². The number of nitrogens with zero attached hydrogens (tertiary/aromatic N) is 2. The van der Waals surface area contributed by atoms with Gasteiger partial charge >= 0.3 is 0 Å². The molecule has 1 fully saturated rings. The van der Waals surface area contributed by atoms with Crippen molar-refractivity contribution in [1.82, 2.24) is 4.57 Å². The van der Waals surface area contributed by atoms with Crippen LogP contribution in [0.15, 0.2) is 58.7 Å². The second kappa shape index (κ2) is 7.05. The third kappa shape index (κ3) is 3.09. The molecule has 0 spiro atoms. The largest absolute Gasteiger partial charge is 0.330 e. The average Bonchev–Trinajstić information content (AvgIpc) is 3.22. The van der Waals surface area contributed by atoms with Crippen LogP contribution in [0.5, 0.6) is 0 Å². The molecule has 2 aliphatic rings. The first-order valence-electron chi connectivity index (χ1n) is 9.81. The number of hydrogen-bond acceptors (Lipinski definition) is 3. The molecule has 1 aromatic carbocycles. The van der Waals surface area contributed by atoms with E-state index in [4.69, 9.17) is 5.26 Å². The predicted molar refractivity (Wildman–Crippen MR) is 110 cm³/mol. The van der Waals surface area contributed by atoms with E-state index in [1.165, 1.54) is 17.0 Å². The molecule has 1 unspecified atom stereocenters. The Labute approximate surface area is 168 Å². The van der Waals surface area contributed by atoms with Crippen molar-refractivity contribution < 1.29 is 4.90 Å². The highest BCUT2D eigenvalue weighted by Gasteiger charge is 2.37. The topological polar surface area (TPSA) is 50.2 Å². The molecule has 0 saturated carbocycles. The van der Waals surface area contributed by atoms with Crippen LogP contribution < -0.4 is 10.5 Å². The van der Waals surface area contributed by atoms with Crippen molar-refractivity contribution in [3.63, 3.8) is 0 Å². The Morgan fingerprint density at radius 2 is 2.11 bits per heavy atom. The van der Waals surface area contributed by atoms with Crippen LogP contribution in [0, 0.1) is 17.2 Å². The Kier molecular flexibility index (Phi) is 4.38. The first-order valence-corrected chi connectivity index (χ1v) is 10.7. The maximum absolute atomic E-state index is 13.3. The lowest BCUT2D eigenvalue weighted by Gasteiger charge is -2.40. The van der Waals surface area contributed by atoms with E-state index in [9.17, 15) is 4.79 Å². The second-order valence-electron chi connectivity index (χ2n) is 7.99. The van der Waals surface area contributed by atoms with E-state index in [1.54, 1.807) is 17.0 Å². The lowest BCUT2D eigenvalue weighted by Crippen LogP contribution is -3.13. The number of pyridine rings is 1. The van der Waals surface area contributed by atoms with Crippen LogP contribution in [0.4, 0.5) is 0 Å². The molecule has 0 amide bonds. The second-order valence-corrected chi connectivity index (χ2v) is 9.03. The van der Waals surface area contributed by atoms with E-state index in [0.29, 0.717) is 23.0 Å². The van der Waals surface area contributed by atoms with Gasteiger partial charge in [-0.15, -0.1) is 11.3 Å². The summed E-state index contributed by atoms with van der Waals surface area (Å²) in [6.07, 6.45) is 1.19. The molecule has 3 aromatic rings. The molecule has 0 aliphatic carbocycles. The standard InChI is InChI=1S/C23H21N3OS/c24-11-16-3-1-4-18(9-16)21-6-7-22-19-10-17(13-26(22)23(21)27)12-25(14-19)15-20-5-2-8-28-20/h1-9,17,19H,10,12-15H2/p+1/t17-,19+/m0/s1. The quantitative estimate of drug-likeness (QED) is 0.750. The molecular formula is C23H22N3OS+. The van der Waals surface area contributed by atoms with Crippen LogP contribution in [-0.4, -0.2) is 17.7 Å². The van der Waals surface area contributed by atoms with E-state index in [2.05, 4.69) is 29.6 Å². The van der Waals surface area contributed by atoms with E-state index >= 15 is 0 Å². The van der Waals surface area contributed by atoms with Gasteiger partial charge in [0.2, 0.25) is 0 Å². The van der Waals surface area contributed by atoms with Crippen LogP contribution in [0.2, 0.25) is 0 Å². The van der Waals surface area contributed by atoms with Crippen LogP contribution >= 0.6 is 11.3 Å². The van der Waals surface area contributed by atoms with Crippen molar-refractivity contribution in [2.24, 2.45) is 5.92 Å². The van der Waals surface area contributed by atoms with Gasteiger partial charge in [0.15, 0.2) is 0 Å². The predicted octanol–water partition coefficient (Wildman–Crippen LogP) is 2.65. The number of likely N-dealkylation sites (tertiary alicyclic amines) is 1. The first kappa shape index (κ1) is 17.4. The zero-order chi connectivity index (χ0) is 19.1. The van der Waals surface area contributed by atoms with Gasteiger partial charge in [0.05, 0.1) is 29.6 Å². The Morgan fingerprint density at radius 3 is 2.93 bits per heavy atom. The van der Waals surface area contributed by atoms with Gasteiger partial charge in [0.25, 0.3) is 5.56 Å². The van der Waals surface area contributed by atoms with E-state index in [-0.39, 0.29) is 5.56 Å². The number of thiophene rings is 1. The highest BCUT2D eigenvalue weighted by atomic mass is 32.1. The molecule has 4 nitrogen and oxygen atoms in total. The van der Waals surface area contributed by atoms with Gasteiger partial charge < -0.3 is 9.47 Å². The van der Waals surface area contributed by atoms with Crippen molar-refractivity contribution in [1.29, 1.82) is 5.26 Å². The average molecular weight is 389 g/mol. The number of piperidine rings is 1. The highest BCUT2D eigenvalue weighted by Crippen LogP contribution is 2.31. The smallest absolute Gasteiger partial charge is 0.258 e. The molecule has 3 atom stereocenters. The third-order valence-electron chi connectivity index (χ3n) is 6.10. The lowest BCUT2D eigenvalue weighted by atomic mass is 9.82. The normalized spacial score (nSPS) is 23.0. The third-order valence-corrected chi connectivity index (χ3v) is 6.98. The number of aromatic nitrogens is 1. The number of benzene rings is 1. The molecule has 2 bridgehead atoms. The minimum atomic E-state index is 0.0870. The Balaban J connectivity index is 1.47. The summed E-state index contributed by atoms with van der Waals surface area (Å²) < 4.78 is 2.01. The molecule has 2 aliphatic heterocycles. The summed E-state index contributed by atoms with van der Waals surface area (Å²) in [5, 5.41) is 11.3. The number of hydrogen-bond donors (Lipinski definition) is 1. The first-order chi connectivity index (χ1) is 13.7. The molecule has 1 saturated heterocycles. The summed E-state index contributed by atoms with van der Waals surface area (Å²) in [5.74, 6) is 1.01. The van der Waals surface area contributed by atoms with Gasteiger partial charge in [0, 0.05) is 29.6 Å². The fraction of sp³-hybridized carbons (Fsp3) is 0.304. The van der Waals surface area contributed by atoms with Crippen molar-refractivity contribution >= 4 is 11.3 Å². The summed E-state index contributed by atoms with van der Waals surface area (Å²) in [6, 6.07) is 18.0. The maximum Gasteiger partial charge on any atom is 0.258 e. The van der Waals surface area contributed by atoms with Crippen LogP contribution in [-0.2, 0) is 13.1 Å². The molecule has 0 radical (unpaired) electrons. The highest BCUT2D eigenvalue weighted by molar-refractivity contribution is 7.09. The van der Waals surface area contributed by atoms with Crippen molar-refractivity contribution in [2.75, 3.05) is 13.1 Å². The van der Waals surface area contributed by atoms with Gasteiger partial charge in [-0.1, -0.05) is 18.2 Å². The summed E-state index contributed by atoms with van der Waals surface area (Å²) in [5.41, 5.74) is 3.39. The fourth-order valence-corrected chi connectivity index (χ4v) is 5.73. The summed E-state index contributed by atoms with van der Waals surface area (Å²) in [6.45, 7) is 4.13. The molecule has 5 heteroatoms. The number of nitriles is 1. The summed E-state index contributed by atoms with van der Waals surface area (Å²) >= 11 is 1.84. The minimum Gasteiger partial charge on any atom is -0.330 e. The van der Waals surface area contributed by atoms with Gasteiger partial charge in [-0.05, 0) is 47.7 Å².